The van der Waals surface area contributed by atoms with E-state index in [4.69, 9.17) is 9.47 Å². The molecule has 33 heavy (non-hydrogen) atoms. The average Bonchev–Trinajstić information content (AvgIpc) is 2.80. The van der Waals surface area contributed by atoms with Gasteiger partial charge in [0.1, 0.15) is 16.5 Å². The number of halogens is 1. The molecular formula is C23H27FN2O6S. The lowest BCUT2D eigenvalue weighted by Gasteiger charge is -2.30. The van der Waals surface area contributed by atoms with Gasteiger partial charge in [-0.15, -0.1) is 0 Å². The Morgan fingerprint density at radius 1 is 1.12 bits per heavy atom. The van der Waals surface area contributed by atoms with Crippen molar-refractivity contribution in [2.45, 2.75) is 37.7 Å². The van der Waals surface area contributed by atoms with Gasteiger partial charge in [-0.05, 0) is 63.1 Å². The SMILES string of the molecule is CCOc1ccc(NC(=O)C(C)OC(=O)C2CCN(S(=O)(=O)c3ccccc3F)CC2)cc1. The van der Waals surface area contributed by atoms with Crippen LogP contribution in [0.4, 0.5) is 10.1 Å². The van der Waals surface area contributed by atoms with E-state index in [0.717, 1.165) is 10.4 Å². The molecule has 10 heteroatoms. The van der Waals surface area contributed by atoms with Gasteiger partial charge in [-0.2, -0.15) is 4.31 Å². The third-order valence-electron chi connectivity index (χ3n) is 5.34. The van der Waals surface area contributed by atoms with Crippen molar-refractivity contribution in [2.75, 3.05) is 25.0 Å². The van der Waals surface area contributed by atoms with Crippen molar-refractivity contribution >= 4 is 27.6 Å². The molecule has 1 aliphatic rings. The Kier molecular flexibility index (Phi) is 8.04. The fourth-order valence-electron chi connectivity index (χ4n) is 3.49. The first kappa shape index (κ1) is 24.7. The number of nitrogens with zero attached hydrogens (tertiary/aromatic N) is 1. The third kappa shape index (κ3) is 6.08. The zero-order chi connectivity index (χ0) is 24.0. The number of nitrogens with one attached hydrogen (secondary N) is 1. The van der Waals surface area contributed by atoms with E-state index in [1.165, 1.54) is 25.1 Å². The van der Waals surface area contributed by atoms with Crippen molar-refractivity contribution in [1.29, 1.82) is 0 Å². The van der Waals surface area contributed by atoms with Gasteiger partial charge in [-0.1, -0.05) is 12.1 Å². The number of ether oxygens (including phenoxy) is 2. The maximum absolute atomic E-state index is 14.0. The number of sulfonamides is 1. The number of carbonyl (C=O) groups is 2. The molecule has 1 atom stereocenters. The number of amides is 1. The molecule has 0 aliphatic carbocycles. The van der Waals surface area contributed by atoms with Gasteiger partial charge in [0.05, 0.1) is 12.5 Å². The number of esters is 1. The van der Waals surface area contributed by atoms with Gasteiger partial charge in [-0.25, -0.2) is 12.8 Å². The van der Waals surface area contributed by atoms with Crippen molar-refractivity contribution in [3.05, 3.63) is 54.3 Å². The minimum Gasteiger partial charge on any atom is -0.494 e. The van der Waals surface area contributed by atoms with E-state index in [0.29, 0.717) is 18.0 Å². The summed E-state index contributed by atoms with van der Waals surface area (Å²) in [6.45, 7) is 4.00. The monoisotopic (exact) mass is 478 g/mol. The van der Waals surface area contributed by atoms with Crippen molar-refractivity contribution in [2.24, 2.45) is 5.92 Å². The second-order valence-electron chi connectivity index (χ2n) is 7.63. The van der Waals surface area contributed by atoms with Crippen molar-refractivity contribution in [3.63, 3.8) is 0 Å². The van der Waals surface area contributed by atoms with Crippen LogP contribution in [0.1, 0.15) is 26.7 Å². The summed E-state index contributed by atoms with van der Waals surface area (Å²) < 4.78 is 51.2. The van der Waals surface area contributed by atoms with E-state index in [-0.39, 0.29) is 30.8 Å². The van der Waals surface area contributed by atoms with Crippen molar-refractivity contribution < 1.29 is 31.9 Å². The second-order valence-corrected chi connectivity index (χ2v) is 9.54. The van der Waals surface area contributed by atoms with Crippen molar-refractivity contribution in [1.82, 2.24) is 4.31 Å². The smallest absolute Gasteiger partial charge is 0.309 e. The van der Waals surface area contributed by atoms with Crippen LogP contribution < -0.4 is 10.1 Å². The molecule has 178 valence electrons. The molecule has 1 heterocycles. The van der Waals surface area contributed by atoms with Crippen LogP contribution in [0.3, 0.4) is 0 Å². The molecule has 0 bridgehead atoms. The minimum absolute atomic E-state index is 0.0587. The molecule has 2 aromatic carbocycles. The number of anilines is 1. The van der Waals surface area contributed by atoms with Crippen LogP contribution in [0.15, 0.2) is 53.4 Å². The summed E-state index contributed by atoms with van der Waals surface area (Å²) in [6, 6.07) is 12.0. The van der Waals surface area contributed by atoms with Crippen LogP contribution in [0.25, 0.3) is 0 Å². The highest BCUT2D eigenvalue weighted by Crippen LogP contribution is 2.26. The lowest BCUT2D eigenvalue weighted by Crippen LogP contribution is -2.42. The first-order chi connectivity index (χ1) is 15.7. The highest BCUT2D eigenvalue weighted by atomic mass is 32.2. The average molecular weight is 479 g/mol. The van der Waals surface area contributed by atoms with Crippen LogP contribution in [-0.2, 0) is 24.3 Å². The largest absolute Gasteiger partial charge is 0.494 e. The molecule has 0 spiro atoms. The van der Waals surface area contributed by atoms with E-state index in [2.05, 4.69) is 5.32 Å². The molecule has 0 radical (unpaired) electrons. The Morgan fingerprint density at radius 2 is 1.76 bits per heavy atom. The molecule has 3 rings (SSSR count). The van der Waals surface area contributed by atoms with E-state index in [9.17, 15) is 22.4 Å². The number of hydrogen-bond acceptors (Lipinski definition) is 6. The second kappa shape index (κ2) is 10.8. The van der Waals surface area contributed by atoms with Crippen LogP contribution in [0, 0.1) is 11.7 Å². The molecule has 1 N–H and O–H groups in total. The molecule has 1 unspecified atom stereocenters. The van der Waals surface area contributed by atoms with Crippen molar-refractivity contribution in [3.8, 4) is 5.75 Å². The fraction of sp³-hybridized carbons (Fsp3) is 0.391. The molecule has 1 amide bonds. The van der Waals surface area contributed by atoms with E-state index in [1.807, 2.05) is 6.92 Å². The maximum Gasteiger partial charge on any atom is 0.309 e. The zero-order valence-corrected chi connectivity index (χ0v) is 19.3. The van der Waals surface area contributed by atoms with Crippen LogP contribution >= 0.6 is 0 Å². The van der Waals surface area contributed by atoms with Gasteiger partial charge in [0.2, 0.25) is 10.0 Å². The molecule has 1 aliphatic heterocycles. The molecule has 0 saturated carbocycles. The summed E-state index contributed by atoms with van der Waals surface area (Å²) in [7, 11) is -3.99. The van der Waals surface area contributed by atoms with Gasteiger partial charge in [0, 0.05) is 18.8 Å². The Balaban J connectivity index is 1.51. The lowest BCUT2D eigenvalue weighted by atomic mass is 9.98. The first-order valence-electron chi connectivity index (χ1n) is 10.7. The quantitative estimate of drug-likeness (QED) is 0.585. The number of hydrogen-bond donors (Lipinski definition) is 1. The Hall–Kier alpha value is -2.98. The summed E-state index contributed by atoms with van der Waals surface area (Å²) in [5.41, 5.74) is 0.540. The summed E-state index contributed by atoms with van der Waals surface area (Å²) in [6.07, 6.45) is -0.580. The highest BCUT2D eigenvalue weighted by molar-refractivity contribution is 7.89. The Labute approximate surface area is 192 Å². The molecular weight excluding hydrogens is 451 g/mol. The van der Waals surface area contributed by atoms with E-state index < -0.39 is 39.7 Å². The van der Waals surface area contributed by atoms with Crippen LogP contribution in [0.5, 0.6) is 5.75 Å². The number of carbonyl (C=O) groups excluding carboxylic acids is 2. The summed E-state index contributed by atoms with van der Waals surface area (Å²) in [5.74, 6) is -1.72. The van der Waals surface area contributed by atoms with E-state index in [1.54, 1.807) is 24.3 Å². The summed E-state index contributed by atoms with van der Waals surface area (Å²) in [5, 5.41) is 2.67. The maximum atomic E-state index is 14.0. The van der Waals surface area contributed by atoms with Gasteiger partial charge in [-0.3, -0.25) is 9.59 Å². The topological polar surface area (TPSA) is 102 Å². The molecule has 8 nitrogen and oxygen atoms in total. The number of benzene rings is 2. The fourth-order valence-corrected chi connectivity index (χ4v) is 5.03. The minimum atomic E-state index is -3.99. The lowest BCUT2D eigenvalue weighted by molar-refractivity contribution is -0.158. The molecule has 0 aromatic heterocycles. The van der Waals surface area contributed by atoms with Gasteiger partial charge < -0.3 is 14.8 Å². The Morgan fingerprint density at radius 3 is 2.36 bits per heavy atom. The molecule has 2 aromatic rings. The van der Waals surface area contributed by atoms with Gasteiger partial charge >= 0.3 is 5.97 Å². The molecule has 1 fully saturated rings. The number of rotatable bonds is 8. The zero-order valence-electron chi connectivity index (χ0n) is 18.5. The summed E-state index contributed by atoms with van der Waals surface area (Å²) >= 11 is 0. The number of piperidine rings is 1. The first-order valence-corrected chi connectivity index (χ1v) is 12.1. The predicted molar refractivity (Wildman–Crippen MR) is 120 cm³/mol. The standard InChI is InChI=1S/C23H27FN2O6S/c1-3-31-19-10-8-18(9-11-19)25-22(27)16(2)32-23(28)17-12-14-26(15-13-17)33(29,30)21-7-5-4-6-20(21)24/h4-11,16-17H,3,12-15H2,1-2H3,(H,25,27). The van der Waals surface area contributed by atoms with E-state index >= 15 is 0 Å². The van der Waals surface area contributed by atoms with Crippen LogP contribution in [-0.4, -0.2) is 50.4 Å². The Bertz CT molecular complexity index is 1080. The summed E-state index contributed by atoms with van der Waals surface area (Å²) in [4.78, 5) is 24.5. The highest BCUT2D eigenvalue weighted by Gasteiger charge is 2.35. The third-order valence-corrected chi connectivity index (χ3v) is 7.27. The normalized spacial score (nSPS) is 16.1. The predicted octanol–water partition coefficient (Wildman–Crippen LogP) is 3.20. The van der Waals surface area contributed by atoms with Gasteiger partial charge in [0.15, 0.2) is 6.10 Å². The molecule has 1 saturated heterocycles. The van der Waals surface area contributed by atoms with Gasteiger partial charge in [0.25, 0.3) is 5.91 Å². The van der Waals surface area contributed by atoms with Crippen LogP contribution in [0.2, 0.25) is 0 Å².